The predicted octanol–water partition coefficient (Wildman–Crippen LogP) is 4.91. The average molecular weight is 545 g/mol. The Bertz CT molecular complexity index is 1640. The number of oxazole rings is 1. The molecule has 1 aliphatic heterocycles. The third kappa shape index (κ3) is 4.84. The number of nitrogens with one attached hydrogen (secondary N) is 1. The maximum absolute atomic E-state index is 13.0. The second kappa shape index (κ2) is 9.66. The number of aliphatic hydroxyl groups is 1. The smallest absolute Gasteiger partial charge is 0.265 e. The van der Waals surface area contributed by atoms with E-state index >= 15 is 0 Å². The molecule has 8 nitrogen and oxygen atoms in total. The normalized spacial score (nSPS) is 19.5. The van der Waals surface area contributed by atoms with E-state index in [9.17, 15) is 18.3 Å². The van der Waals surface area contributed by atoms with Crippen molar-refractivity contribution in [2.75, 3.05) is 6.61 Å². The molecule has 0 radical (unpaired) electrons. The number of hydrogen-bond acceptors (Lipinski definition) is 7. The summed E-state index contributed by atoms with van der Waals surface area (Å²) >= 11 is 0. The van der Waals surface area contributed by atoms with Gasteiger partial charge < -0.3 is 14.3 Å². The molecule has 1 amide bonds. The van der Waals surface area contributed by atoms with E-state index in [4.69, 9.17) is 9.15 Å². The highest BCUT2D eigenvalue weighted by Crippen LogP contribution is 2.43. The Labute approximate surface area is 226 Å². The fourth-order valence-electron chi connectivity index (χ4n) is 4.84. The summed E-state index contributed by atoms with van der Waals surface area (Å²) in [4.78, 5) is 17.6. The lowest BCUT2D eigenvalue weighted by Gasteiger charge is -2.30. The van der Waals surface area contributed by atoms with Crippen LogP contribution in [0.5, 0.6) is 5.75 Å². The number of aromatic nitrogens is 1. The molecule has 1 unspecified atom stereocenters. The first-order chi connectivity index (χ1) is 18.7. The molecular formula is C30H28N2O6S. The molecule has 1 saturated carbocycles. The first-order valence-electron chi connectivity index (χ1n) is 12.8. The van der Waals surface area contributed by atoms with Crippen molar-refractivity contribution in [2.45, 2.75) is 37.0 Å². The summed E-state index contributed by atoms with van der Waals surface area (Å²) < 4.78 is 38.3. The zero-order valence-electron chi connectivity index (χ0n) is 21.3. The third-order valence-electron chi connectivity index (χ3n) is 7.59. The molecule has 1 aliphatic carbocycles. The van der Waals surface area contributed by atoms with Gasteiger partial charge in [0.05, 0.1) is 23.2 Å². The van der Waals surface area contributed by atoms with E-state index in [1.54, 1.807) is 55.7 Å². The van der Waals surface area contributed by atoms with Crippen molar-refractivity contribution >= 4 is 15.9 Å². The predicted molar refractivity (Wildman–Crippen MR) is 145 cm³/mol. The fraction of sp³-hybridized carbons (Fsp3) is 0.267. The van der Waals surface area contributed by atoms with Gasteiger partial charge in [-0.3, -0.25) is 4.79 Å². The second-order valence-electron chi connectivity index (χ2n) is 10.4. The van der Waals surface area contributed by atoms with Gasteiger partial charge in [0.1, 0.15) is 12.0 Å². The number of sulfonamides is 1. The van der Waals surface area contributed by atoms with Gasteiger partial charge >= 0.3 is 0 Å². The maximum atomic E-state index is 13.0. The van der Waals surface area contributed by atoms with Gasteiger partial charge in [-0.25, -0.2) is 18.1 Å². The fourth-order valence-corrected chi connectivity index (χ4v) is 6.08. The summed E-state index contributed by atoms with van der Waals surface area (Å²) in [6.07, 6.45) is 2.39. The van der Waals surface area contributed by atoms with Crippen LogP contribution in [0.25, 0.3) is 22.6 Å². The molecule has 6 rings (SSSR count). The molecule has 1 fully saturated rings. The number of hydrogen-bond donors (Lipinski definition) is 2. The van der Waals surface area contributed by atoms with Gasteiger partial charge in [-0.1, -0.05) is 48.5 Å². The maximum Gasteiger partial charge on any atom is 0.265 e. The highest BCUT2D eigenvalue weighted by atomic mass is 32.2. The summed E-state index contributed by atoms with van der Waals surface area (Å²) in [6, 6.07) is 21.8. The van der Waals surface area contributed by atoms with Gasteiger partial charge in [-0.15, -0.1) is 0 Å². The summed E-state index contributed by atoms with van der Waals surface area (Å²) in [5.74, 6) is 0.169. The first-order valence-corrected chi connectivity index (χ1v) is 14.3. The van der Waals surface area contributed by atoms with Crippen molar-refractivity contribution < 1.29 is 27.5 Å². The lowest BCUT2D eigenvalue weighted by Crippen LogP contribution is -2.38. The van der Waals surface area contributed by atoms with E-state index in [-0.39, 0.29) is 18.1 Å². The van der Waals surface area contributed by atoms with Crippen LogP contribution in [0.1, 0.15) is 47.5 Å². The van der Waals surface area contributed by atoms with Crippen LogP contribution < -0.4 is 9.46 Å². The number of nitrogens with zero attached hydrogens (tertiary/aromatic N) is 1. The molecule has 0 spiro atoms. The Morgan fingerprint density at radius 1 is 1.05 bits per heavy atom. The second-order valence-corrected chi connectivity index (χ2v) is 12.6. The van der Waals surface area contributed by atoms with Crippen LogP contribution in [0.15, 0.2) is 83.5 Å². The van der Waals surface area contributed by atoms with E-state index in [1.807, 2.05) is 30.3 Å². The number of ether oxygens (including phenoxy) is 1. The molecule has 200 valence electrons. The van der Waals surface area contributed by atoms with Gasteiger partial charge in [0, 0.05) is 29.0 Å². The topological polar surface area (TPSA) is 119 Å². The van der Waals surface area contributed by atoms with Crippen molar-refractivity contribution in [2.24, 2.45) is 5.92 Å². The summed E-state index contributed by atoms with van der Waals surface area (Å²) in [5, 5.41) is 11.2. The Morgan fingerprint density at radius 3 is 2.56 bits per heavy atom. The zero-order valence-corrected chi connectivity index (χ0v) is 22.1. The minimum atomic E-state index is -3.77. The largest absolute Gasteiger partial charge is 0.493 e. The van der Waals surface area contributed by atoms with E-state index in [1.165, 1.54) is 0 Å². The molecule has 2 aliphatic rings. The van der Waals surface area contributed by atoms with Gasteiger partial charge in [0.25, 0.3) is 5.91 Å². The monoisotopic (exact) mass is 544 g/mol. The number of carbonyl (C=O) groups is 1. The van der Waals surface area contributed by atoms with Gasteiger partial charge in [0.2, 0.25) is 15.9 Å². The third-order valence-corrected chi connectivity index (χ3v) is 9.75. The van der Waals surface area contributed by atoms with Crippen LogP contribution >= 0.6 is 0 Å². The van der Waals surface area contributed by atoms with Crippen LogP contribution in [0, 0.1) is 5.92 Å². The summed E-state index contributed by atoms with van der Waals surface area (Å²) in [7, 11) is -3.77. The number of fused-ring (bicyclic) bond motifs is 1. The van der Waals surface area contributed by atoms with Gasteiger partial charge in [0.15, 0.2) is 0 Å². The average Bonchev–Trinajstić information content (AvgIpc) is 3.55. The van der Waals surface area contributed by atoms with E-state index in [0.29, 0.717) is 47.6 Å². The van der Waals surface area contributed by atoms with E-state index in [2.05, 4.69) is 9.71 Å². The minimum absolute atomic E-state index is 0.218. The van der Waals surface area contributed by atoms with E-state index < -0.39 is 26.8 Å². The number of aliphatic hydroxyl groups excluding tert-OH is 1. The molecule has 2 atom stereocenters. The molecule has 0 saturated heterocycles. The Kier molecular flexibility index (Phi) is 6.28. The van der Waals surface area contributed by atoms with Gasteiger partial charge in [-0.2, -0.15) is 0 Å². The quantitative estimate of drug-likeness (QED) is 0.340. The zero-order chi connectivity index (χ0) is 27.2. The number of amides is 1. The minimum Gasteiger partial charge on any atom is -0.493 e. The summed E-state index contributed by atoms with van der Waals surface area (Å²) in [5.41, 5.74) is 3.77. The lowest BCUT2D eigenvalue weighted by atomic mass is 9.88. The molecule has 4 aromatic rings. The van der Waals surface area contributed by atoms with Crippen molar-refractivity contribution in [3.63, 3.8) is 0 Å². The van der Waals surface area contributed by atoms with E-state index in [0.717, 1.165) is 11.3 Å². The Hall–Kier alpha value is -3.95. The van der Waals surface area contributed by atoms with Crippen LogP contribution in [0.3, 0.4) is 0 Å². The Morgan fingerprint density at radius 2 is 1.79 bits per heavy atom. The van der Waals surface area contributed by atoms with Crippen LogP contribution in [-0.2, 0) is 16.4 Å². The number of benzene rings is 3. The molecule has 3 aromatic carbocycles. The SMILES string of the molecule is CC1(S(=O)(=O)NC(=O)c2ccccc2-c2ccc3c(c2)OCC(Cc2coc(-c4ccccc4)n2)[C@H]3O)CC1. The van der Waals surface area contributed by atoms with Crippen molar-refractivity contribution in [3.8, 4) is 28.3 Å². The molecule has 9 heteroatoms. The van der Waals surface area contributed by atoms with Crippen molar-refractivity contribution in [3.05, 3.63) is 95.9 Å². The van der Waals surface area contributed by atoms with Crippen LogP contribution in [0.2, 0.25) is 0 Å². The molecule has 1 aromatic heterocycles. The first kappa shape index (κ1) is 25.3. The number of carbonyl (C=O) groups excluding carboxylic acids is 1. The van der Waals surface area contributed by atoms with Crippen LogP contribution in [-0.4, -0.2) is 35.8 Å². The highest BCUT2D eigenvalue weighted by molar-refractivity contribution is 7.91. The standard InChI is InChI=1S/C30H28N2O6S/c1-30(13-14-30)39(35,36)32-28(34)24-10-6-5-9-23(24)20-11-12-25-26(16-20)37-17-21(27(25)33)15-22-18-38-29(31-22)19-7-3-2-4-8-19/h2-12,16,18,21,27,33H,13-15,17H2,1H3,(H,32,34)/t21?,27-/m1/s1. The molecule has 2 N–H and O–H groups in total. The Balaban J connectivity index is 1.21. The molecule has 2 heterocycles. The molecule has 39 heavy (non-hydrogen) atoms. The van der Waals surface area contributed by atoms with Gasteiger partial charge in [-0.05, 0) is 55.2 Å². The van der Waals surface area contributed by atoms with Crippen LogP contribution in [0.4, 0.5) is 0 Å². The number of rotatable bonds is 7. The van der Waals surface area contributed by atoms with Crippen molar-refractivity contribution in [1.82, 2.24) is 9.71 Å². The lowest BCUT2D eigenvalue weighted by molar-refractivity contribution is 0.0503. The molecule has 0 bridgehead atoms. The van der Waals surface area contributed by atoms with Crippen molar-refractivity contribution in [1.29, 1.82) is 0 Å². The highest BCUT2D eigenvalue weighted by Gasteiger charge is 2.51. The summed E-state index contributed by atoms with van der Waals surface area (Å²) in [6.45, 7) is 1.92. The molecular weight excluding hydrogens is 516 g/mol.